The highest BCUT2D eigenvalue weighted by atomic mass is 16.6. The van der Waals surface area contributed by atoms with Crippen LogP contribution in [-0.4, -0.2) is 71.0 Å². The molecule has 4 saturated carbocycles. The highest BCUT2D eigenvalue weighted by Gasteiger charge is 2.51. The fourth-order valence-corrected chi connectivity index (χ4v) is 10.4. The minimum absolute atomic E-state index is 0.0656. The molecule has 0 spiro atoms. The molecule has 2 aromatic heterocycles. The zero-order chi connectivity index (χ0) is 38.1. The van der Waals surface area contributed by atoms with E-state index in [9.17, 15) is 9.59 Å². The van der Waals surface area contributed by atoms with Crippen molar-refractivity contribution in [3.63, 3.8) is 0 Å². The Morgan fingerprint density at radius 2 is 1.39 bits per heavy atom. The Hall–Kier alpha value is -5.22. The Bertz CT molecular complexity index is 2140. The highest BCUT2D eigenvalue weighted by molar-refractivity contribution is 5.83. The number of ether oxygens (including phenoxy) is 3. The molecule has 1 aliphatic heterocycles. The lowest BCUT2D eigenvalue weighted by molar-refractivity contribution is -0.153. The quantitative estimate of drug-likeness (QED) is 0.0925. The third kappa shape index (κ3) is 7.76. The molecule has 0 atom stereocenters. The Kier molecular flexibility index (Phi) is 10.2. The number of carbonyl (C=O) groups is 2. The van der Waals surface area contributed by atoms with Gasteiger partial charge in [-0.3, -0.25) is 4.79 Å². The minimum atomic E-state index is -0.301. The number of rotatable bonds is 12. The SMILES string of the molecule is Cc1nn2c(N3CCN(C(=O)OCc4ccccc4)CC3)cc(-c3cccc(COCCOC(=O)CC45CC6CC(CC(C6)C4)C5)c3)nc2c1-c1ccccc1. The first-order chi connectivity index (χ1) is 27.4. The smallest absolute Gasteiger partial charge is 0.410 e. The highest BCUT2D eigenvalue weighted by Crippen LogP contribution is 2.61. The Morgan fingerprint density at radius 1 is 0.732 bits per heavy atom. The number of amides is 1. The topological polar surface area (TPSA) is 98.5 Å². The van der Waals surface area contributed by atoms with Gasteiger partial charge >= 0.3 is 12.1 Å². The van der Waals surface area contributed by atoms with Crippen LogP contribution in [0.4, 0.5) is 10.6 Å². The number of hydrogen-bond donors (Lipinski definition) is 0. The van der Waals surface area contributed by atoms with Crippen molar-refractivity contribution in [3.8, 4) is 22.4 Å². The van der Waals surface area contributed by atoms with E-state index in [1.807, 2.05) is 66.0 Å². The molecule has 3 heterocycles. The van der Waals surface area contributed by atoms with Crippen molar-refractivity contribution >= 4 is 23.5 Å². The molecule has 10 nitrogen and oxygen atoms in total. The van der Waals surface area contributed by atoms with Crippen LogP contribution in [0.1, 0.15) is 61.8 Å². The van der Waals surface area contributed by atoms with Crippen molar-refractivity contribution in [2.24, 2.45) is 23.2 Å². The molecule has 10 heteroatoms. The van der Waals surface area contributed by atoms with E-state index in [-0.39, 0.29) is 30.7 Å². The van der Waals surface area contributed by atoms with Crippen LogP contribution in [0.2, 0.25) is 0 Å². The second kappa shape index (κ2) is 15.7. The van der Waals surface area contributed by atoms with Crippen molar-refractivity contribution in [1.29, 1.82) is 0 Å². The summed E-state index contributed by atoms with van der Waals surface area (Å²) < 4.78 is 19.3. The normalized spacial score (nSPS) is 22.8. The van der Waals surface area contributed by atoms with E-state index >= 15 is 0 Å². The number of aryl methyl sites for hydroxylation is 1. The molecule has 1 amide bonds. The van der Waals surface area contributed by atoms with Gasteiger partial charge in [0.15, 0.2) is 5.65 Å². The molecule has 5 fully saturated rings. The summed E-state index contributed by atoms with van der Waals surface area (Å²) in [6, 6.07) is 30.4. The van der Waals surface area contributed by atoms with Gasteiger partial charge in [0.25, 0.3) is 0 Å². The maximum Gasteiger partial charge on any atom is 0.410 e. The molecule has 290 valence electrons. The number of piperazine rings is 1. The van der Waals surface area contributed by atoms with Gasteiger partial charge in [-0.25, -0.2) is 9.78 Å². The van der Waals surface area contributed by atoms with Crippen LogP contribution in [-0.2, 0) is 32.2 Å². The summed E-state index contributed by atoms with van der Waals surface area (Å²) in [7, 11) is 0. The Balaban J connectivity index is 0.872. The van der Waals surface area contributed by atoms with Crippen molar-refractivity contribution in [1.82, 2.24) is 19.5 Å². The van der Waals surface area contributed by atoms with Crippen molar-refractivity contribution in [3.05, 3.63) is 108 Å². The first-order valence-electron chi connectivity index (χ1n) is 20.4. The lowest BCUT2D eigenvalue weighted by Gasteiger charge is -2.56. The number of nitrogens with zero attached hydrogens (tertiary/aromatic N) is 5. The third-order valence-corrected chi connectivity index (χ3v) is 12.5. The zero-order valence-electron chi connectivity index (χ0n) is 32.3. The molecule has 1 saturated heterocycles. The molecule has 5 aromatic rings. The summed E-state index contributed by atoms with van der Waals surface area (Å²) in [5.74, 6) is 3.33. The lowest BCUT2D eigenvalue weighted by atomic mass is 9.49. The fourth-order valence-electron chi connectivity index (χ4n) is 10.4. The van der Waals surface area contributed by atoms with Crippen molar-refractivity contribution < 1.29 is 23.8 Å². The van der Waals surface area contributed by atoms with Gasteiger partial charge in [-0.2, -0.15) is 9.61 Å². The molecule has 10 rings (SSSR count). The average Bonchev–Trinajstić information content (AvgIpc) is 3.55. The molecule has 0 unspecified atom stereocenters. The summed E-state index contributed by atoms with van der Waals surface area (Å²) in [5, 5.41) is 5.01. The van der Waals surface area contributed by atoms with Crippen LogP contribution in [0, 0.1) is 30.1 Å². The fraction of sp³-hybridized carbons (Fsp3) is 0.435. The summed E-state index contributed by atoms with van der Waals surface area (Å²) in [5.41, 5.74) is 7.69. The molecule has 0 radical (unpaired) electrons. The first-order valence-corrected chi connectivity index (χ1v) is 20.4. The summed E-state index contributed by atoms with van der Waals surface area (Å²) in [6.45, 7) is 5.62. The average molecular weight is 754 g/mol. The van der Waals surface area contributed by atoms with E-state index in [0.29, 0.717) is 45.8 Å². The van der Waals surface area contributed by atoms with E-state index < -0.39 is 0 Å². The maximum atomic E-state index is 13.0. The molecular weight excluding hydrogens is 703 g/mol. The molecule has 4 aliphatic carbocycles. The number of fused-ring (bicyclic) bond motifs is 1. The standard InChI is InChI=1S/C46H51N5O5/c1-32-43(38-12-6-3-7-13-38)44-47-40(25-41(51(44)48-32)49-15-17-50(18-16-49)45(53)56-31-33-9-4-2-5-10-33)39-14-8-11-34(24-39)30-54-19-20-55-42(52)29-46-26-35-21-36(27-46)23-37(22-35)28-46/h2-14,24-25,35-37H,15-23,26-31H2,1H3. The van der Waals surface area contributed by atoms with Gasteiger partial charge in [0, 0.05) is 43.4 Å². The summed E-state index contributed by atoms with van der Waals surface area (Å²) >= 11 is 0. The van der Waals surface area contributed by atoms with Gasteiger partial charge < -0.3 is 24.0 Å². The van der Waals surface area contributed by atoms with Crippen molar-refractivity contribution in [2.75, 3.05) is 44.3 Å². The molecule has 5 aliphatic rings. The van der Waals surface area contributed by atoms with Gasteiger partial charge in [0.2, 0.25) is 0 Å². The predicted octanol–water partition coefficient (Wildman–Crippen LogP) is 8.50. The van der Waals surface area contributed by atoms with Crippen LogP contribution in [0.5, 0.6) is 0 Å². The molecule has 56 heavy (non-hydrogen) atoms. The van der Waals surface area contributed by atoms with Gasteiger partial charge in [-0.1, -0.05) is 78.9 Å². The van der Waals surface area contributed by atoms with Gasteiger partial charge in [0.1, 0.15) is 19.0 Å². The van der Waals surface area contributed by atoms with E-state index in [0.717, 1.165) is 68.4 Å². The van der Waals surface area contributed by atoms with E-state index in [1.54, 1.807) is 4.90 Å². The largest absolute Gasteiger partial charge is 0.463 e. The van der Waals surface area contributed by atoms with E-state index in [1.165, 1.54) is 38.5 Å². The third-order valence-electron chi connectivity index (χ3n) is 12.5. The van der Waals surface area contributed by atoms with Crippen molar-refractivity contribution in [2.45, 2.75) is 65.1 Å². The number of esters is 1. The van der Waals surface area contributed by atoms with Gasteiger partial charge in [-0.05, 0) is 91.4 Å². The first kappa shape index (κ1) is 36.4. The molecule has 0 N–H and O–H groups in total. The van der Waals surface area contributed by atoms with Crippen LogP contribution >= 0.6 is 0 Å². The van der Waals surface area contributed by atoms with Gasteiger partial charge in [-0.15, -0.1) is 0 Å². The van der Waals surface area contributed by atoms with E-state index in [4.69, 9.17) is 24.3 Å². The molecule has 4 bridgehead atoms. The number of hydrogen-bond acceptors (Lipinski definition) is 8. The summed E-state index contributed by atoms with van der Waals surface area (Å²) in [6.07, 6.45) is 8.02. The second-order valence-electron chi connectivity index (χ2n) is 16.6. The summed E-state index contributed by atoms with van der Waals surface area (Å²) in [4.78, 5) is 35.2. The second-order valence-corrected chi connectivity index (χ2v) is 16.6. The number of carbonyl (C=O) groups excluding carboxylic acids is 2. The number of aromatic nitrogens is 3. The number of anilines is 1. The van der Waals surface area contributed by atoms with E-state index in [2.05, 4.69) is 41.3 Å². The van der Waals surface area contributed by atoms with Gasteiger partial charge in [0.05, 0.1) is 31.0 Å². The molecule has 3 aromatic carbocycles. The molecular formula is C46H51N5O5. The minimum Gasteiger partial charge on any atom is -0.463 e. The predicted molar refractivity (Wildman–Crippen MR) is 215 cm³/mol. The number of benzene rings is 3. The Labute approximate surface area is 328 Å². The van der Waals surface area contributed by atoms with Crippen LogP contribution in [0.3, 0.4) is 0 Å². The maximum absolute atomic E-state index is 13.0. The van der Waals surface area contributed by atoms with Crippen LogP contribution in [0.25, 0.3) is 28.0 Å². The Morgan fingerprint density at radius 3 is 2.11 bits per heavy atom. The lowest BCUT2D eigenvalue weighted by Crippen LogP contribution is -2.49. The monoisotopic (exact) mass is 753 g/mol. The van der Waals surface area contributed by atoms with Crippen LogP contribution in [0.15, 0.2) is 91.0 Å². The zero-order valence-corrected chi connectivity index (χ0v) is 32.3. The van der Waals surface area contributed by atoms with Crippen LogP contribution < -0.4 is 4.90 Å².